The van der Waals surface area contributed by atoms with Crippen LogP contribution in [0, 0.1) is 0 Å². The predicted octanol–water partition coefficient (Wildman–Crippen LogP) is 0.475. The molecule has 0 aromatic heterocycles. The summed E-state index contributed by atoms with van der Waals surface area (Å²) in [7, 11) is 0. The molecule has 0 saturated carbocycles. The van der Waals surface area contributed by atoms with Gasteiger partial charge in [-0.05, 0) is 26.2 Å². The van der Waals surface area contributed by atoms with E-state index in [4.69, 9.17) is 0 Å². The summed E-state index contributed by atoms with van der Waals surface area (Å²) >= 11 is 0. The van der Waals surface area contributed by atoms with Crippen molar-refractivity contribution in [2.75, 3.05) is 13.1 Å². The molecule has 4 heteroatoms. The van der Waals surface area contributed by atoms with Crippen molar-refractivity contribution in [3.63, 3.8) is 0 Å². The Labute approximate surface area is 85.8 Å². The van der Waals surface area contributed by atoms with Crippen LogP contribution in [0.2, 0.25) is 0 Å². The maximum atomic E-state index is 9.47. The smallest absolute Gasteiger partial charge is 0.191 e. The molecule has 82 valence electrons. The highest BCUT2D eigenvalue weighted by Crippen LogP contribution is 1.99. The average molecular weight is 199 g/mol. The van der Waals surface area contributed by atoms with Gasteiger partial charge in [0.1, 0.15) is 0 Å². The third-order valence-electron chi connectivity index (χ3n) is 2.49. The first-order valence-electron chi connectivity index (χ1n) is 5.47. The number of hydrogen-bond acceptors (Lipinski definition) is 4. The summed E-state index contributed by atoms with van der Waals surface area (Å²) < 4.78 is 0. The van der Waals surface area contributed by atoms with Gasteiger partial charge in [-0.3, -0.25) is 4.99 Å². The van der Waals surface area contributed by atoms with Crippen LogP contribution >= 0.6 is 0 Å². The number of guanidine groups is 1. The summed E-state index contributed by atoms with van der Waals surface area (Å²) in [6.07, 6.45) is 2.87. The molecule has 1 heterocycles. The standard InChI is InChI=1S/C10H21N3O/c1-3-9(8(2)14)13-10-11-6-4-5-7-12-10/h8-9,14H,3-7H2,1-2H3,(H2,11,12,13). The second-order valence-electron chi connectivity index (χ2n) is 3.76. The zero-order chi connectivity index (χ0) is 10.4. The van der Waals surface area contributed by atoms with Gasteiger partial charge in [0, 0.05) is 13.1 Å². The Bertz CT molecular complexity index is 192. The lowest BCUT2D eigenvalue weighted by molar-refractivity contribution is 0.152. The molecule has 1 aliphatic heterocycles. The fraction of sp³-hybridized carbons (Fsp3) is 0.900. The molecule has 0 radical (unpaired) electrons. The van der Waals surface area contributed by atoms with Gasteiger partial charge < -0.3 is 15.7 Å². The molecular weight excluding hydrogens is 178 g/mol. The predicted molar refractivity (Wildman–Crippen MR) is 58.4 cm³/mol. The van der Waals surface area contributed by atoms with Crippen LogP contribution in [0.3, 0.4) is 0 Å². The van der Waals surface area contributed by atoms with E-state index in [-0.39, 0.29) is 12.1 Å². The van der Waals surface area contributed by atoms with Gasteiger partial charge in [0.05, 0.1) is 12.1 Å². The van der Waals surface area contributed by atoms with Gasteiger partial charge in [0.25, 0.3) is 0 Å². The van der Waals surface area contributed by atoms with Crippen LogP contribution in [0.15, 0.2) is 4.99 Å². The third kappa shape index (κ3) is 3.54. The van der Waals surface area contributed by atoms with E-state index in [1.807, 2.05) is 0 Å². The molecule has 0 amide bonds. The molecule has 0 saturated heterocycles. The number of nitrogens with zero attached hydrogens (tertiary/aromatic N) is 1. The van der Waals surface area contributed by atoms with Crippen molar-refractivity contribution >= 4 is 5.96 Å². The van der Waals surface area contributed by atoms with Crippen molar-refractivity contribution < 1.29 is 5.11 Å². The quantitative estimate of drug-likeness (QED) is 0.619. The molecule has 3 N–H and O–H groups in total. The normalized spacial score (nSPS) is 21.5. The van der Waals surface area contributed by atoms with Gasteiger partial charge in [-0.2, -0.15) is 0 Å². The van der Waals surface area contributed by atoms with Gasteiger partial charge in [-0.1, -0.05) is 6.92 Å². The second kappa shape index (κ2) is 5.86. The molecule has 2 unspecified atom stereocenters. The highest BCUT2D eigenvalue weighted by molar-refractivity contribution is 5.80. The van der Waals surface area contributed by atoms with Crippen LogP contribution in [-0.4, -0.2) is 36.3 Å². The lowest BCUT2D eigenvalue weighted by Gasteiger charge is -2.22. The van der Waals surface area contributed by atoms with Crippen LogP contribution in [-0.2, 0) is 0 Å². The van der Waals surface area contributed by atoms with E-state index < -0.39 is 0 Å². The van der Waals surface area contributed by atoms with Gasteiger partial charge in [-0.15, -0.1) is 0 Å². The minimum Gasteiger partial charge on any atom is -0.391 e. The van der Waals surface area contributed by atoms with Crippen molar-refractivity contribution in [2.45, 2.75) is 45.3 Å². The van der Waals surface area contributed by atoms with E-state index in [9.17, 15) is 5.11 Å². The molecule has 1 rings (SSSR count). The molecule has 14 heavy (non-hydrogen) atoms. The van der Waals surface area contributed by atoms with E-state index in [0.29, 0.717) is 0 Å². The molecule has 0 spiro atoms. The number of rotatable bonds is 3. The van der Waals surface area contributed by atoms with Crippen molar-refractivity contribution in [1.29, 1.82) is 0 Å². The summed E-state index contributed by atoms with van der Waals surface area (Å²) in [6.45, 7) is 5.72. The first kappa shape index (κ1) is 11.3. The van der Waals surface area contributed by atoms with Gasteiger partial charge in [0.15, 0.2) is 5.96 Å². The van der Waals surface area contributed by atoms with Crippen molar-refractivity contribution in [1.82, 2.24) is 10.6 Å². The topological polar surface area (TPSA) is 56.7 Å². The van der Waals surface area contributed by atoms with Crippen LogP contribution in [0.4, 0.5) is 0 Å². The summed E-state index contributed by atoms with van der Waals surface area (Å²) in [5.41, 5.74) is 0. The molecule has 0 bridgehead atoms. The van der Waals surface area contributed by atoms with Gasteiger partial charge in [0.2, 0.25) is 0 Å². The average Bonchev–Trinajstić information content (AvgIpc) is 2.41. The molecular formula is C10H21N3O. The number of nitrogens with one attached hydrogen (secondary N) is 2. The SMILES string of the molecule is CCC(NC1=NCCCCN1)C(C)O. The molecule has 0 aromatic carbocycles. The molecule has 2 atom stereocenters. The Morgan fingerprint density at radius 3 is 3.00 bits per heavy atom. The highest BCUT2D eigenvalue weighted by atomic mass is 16.3. The maximum Gasteiger partial charge on any atom is 0.191 e. The fourth-order valence-corrected chi connectivity index (χ4v) is 1.53. The third-order valence-corrected chi connectivity index (χ3v) is 2.49. The zero-order valence-corrected chi connectivity index (χ0v) is 9.08. The Balaban J connectivity index is 2.43. The van der Waals surface area contributed by atoms with Gasteiger partial charge in [-0.25, -0.2) is 0 Å². The second-order valence-corrected chi connectivity index (χ2v) is 3.76. The monoisotopic (exact) mass is 199 g/mol. The lowest BCUT2D eigenvalue weighted by atomic mass is 10.1. The van der Waals surface area contributed by atoms with Crippen molar-refractivity contribution in [3.05, 3.63) is 0 Å². The highest BCUT2D eigenvalue weighted by Gasteiger charge is 2.14. The summed E-state index contributed by atoms with van der Waals surface area (Å²) in [4.78, 5) is 4.38. The Kier molecular flexibility index (Phi) is 4.73. The van der Waals surface area contributed by atoms with E-state index in [2.05, 4.69) is 22.5 Å². The number of aliphatic hydroxyl groups is 1. The van der Waals surface area contributed by atoms with Crippen LogP contribution in [0.25, 0.3) is 0 Å². The number of aliphatic hydroxyl groups excluding tert-OH is 1. The fourth-order valence-electron chi connectivity index (χ4n) is 1.53. The lowest BCUT2D eigenvalue weighted by Crippen LogP contribution is -2.47. The molecule has 1 aliphatic rings. The van der Waals surface area contributed by atoms with E-state index in [0.717, 1.165) is 31.9 Å². The first-order valence-corrected chi connectivity index (χ1v) is 5.47. The van der Waals surface area contributed by atoms with Crippen LogP contribution in [0.1, 0.15) is 33.1 Å². The van der Waals surface area contributed by atoms with E-state index >= 15 is 0 Å². The molecule has 4 nitrogen and oxygen atoms in total. The van der Waals surface area contributed by atoms with E-state index in [1.54, 1.807) is 6.92 Å². The maximum absolute atomic E-state index is 9.47. The van der Waals surface area contributed by atoms with Crippen LogP contribution in [0.5, 0.6) is 0 Å². The molecule has 0 aliphatic carbocycles. The van der Waals surface area contributed by atoms with Gasteiger partial charge >= 0.3 is 0 Å². The van der Waals surface area contributed by atoms with Crippen molar-refractivity contribution in [3.8, 4) is 0 Å². The Hall–Kier alpha value is -0.770. The van der Waals surface area contributed by atoms with Crippen molar-refractivity contribution in [2.24, 2.45) is 4.99 Å². The minimum absolute atomic E-state index is 0.0966. The Morgan fingerprint density at radius 2 is 2.36 bits per heavy atom. The largest absolute Gasteiger partial charge is 0.391 e. The number of aliphatic imine (C=N–C) groups is 1. The molecule has 0 fully saturated rings. The number of hydrogen-bond donors (Lipinski definition) is 3. The first-order chi connectivity index (χ1) is 6.74. The zero-order valence-electron chi connectivity index (χ0n) is 9.08. The molecule has 0 aromatic rings. The summed E-state index contributed by atoms with van der Waals surface area (Å²) in [6, 6.07) is 0.0966. The van der Waals surface area contributed by atoms with E-state index in [1.165, 1.54) is 6.42 Å². The summed E-state index contributed by atoms with van der Waals surface area (Å²) in [5.74, 6) is 0.843. The van der Waals surface area contributed by atoms with Crippen LogP contribution < -0.4 is 10.6 Å². The Morgan fingerprint density at radius 1 is 1.57 bits per heavy atom. The summed E-state index contributed by atoms with van der Waals surface area (Å²) in [5, 5.41) is 15.9. The minimum atomic E-state index is -0.340.